The number of aliphatic hydroxyl groups excluding tert-OH is 1. The lowest BCUT2D eigenvalue weighted by Crippen LogP contribution is -2.66. The number of nitrogens with one attached hydrogen (secondary N) is 1. The predicted molar refractivity (Wildman–Crippen MR) is 64.1 cm³/mol. The number of amidine groups is 1. The number of alkyl halides is 4. The molecular formula is C10H14F4N2O3S. The predicted octanol–water partition coefficient (Wildman–Crippen LogP) is 0.414. The molecule has 20 heavy (non-hydrogen) atoms. The second-order valence-electron chi connectivity index (χ2n) is 4.82. The molecule has 0 amide bonds. The fourth-order valence-corrected chi connectivity index (χ4v) is 3.19. The van der Waals surface area contributed by atoms with Crippen LogP contribution in [0.2, 0.25) is 0 Å². The first-order valence-corrected chi connectivity index (χ1v) is 6.64. The van der Waals surface area contributed by atoms with Gasteiger partial charge in [0.25, 0.3) is 0 Å². The standard InChI is InChI=1S/C10H14F4N2O3S/c1-9(18,10(12,13)14)6-5(17)3(11)4-7(19-6)20-8(15-2)16-4/h3-7,17-18H,1-2H3,(H,15,16). The molecule has 0 radical (unpaired) electrons. The molecule has 0 aliphatic carbocycles. The van der Waals surface area contributed by atoms with Gasteiger partial charge in [0, 0.05) is 7.05 Å². The molecule has 5 nitrogen and oxygen atoms in total. The molecule has 6 atom stereocenters. The first-order chi connectivity index (χ1) is 9.09. The molecule has 6 unspecified atom stereocenters. The van der Waals surface area contributed by atoms with Crippen molar-refractivity contribution < 1.29 is 32.5 Å². The number of rotatable bonds is 1. The zero-order valence-electron chi connectivity index (χ0n) is 10.6. The summed E-state index contributed by atoms with van der Waals surface area (Å²) >= 11 is 0.918. The quantitative estimate of drug-likeness (QED) is 0.611. The summed E-state index contributed by atoms with van der Waals surface area (Å²) in [6.45, 7) is 0.454. The van der Waals surface area contributed by atoms with E-state index >= 15 is 0 Å². The van der Waals surface area contributed by atoms with Crippen LogP contribution in [0.15, 0.2) is 4.99 Å². The minimum Gasteiger partial charge on any atom is -0.387 e. The van der Waals surface area contributed by atoms with Crippen LogP contribution in [0.4, 0.5) is 17.6 Å². The van der Waals surface area contributed by atoms with Gasteiger partial charge < -0.3 is 20.3 Å². The van der Waals surface area contributed by atoms with Gasteiger partial charge in [-0.15, -0.1) is 0 Å². The number of hydrogen-bond donors (Lipinski definition) is 3. The normalized spacial score (nSPS) is 43.0. The van der Waals surface area contributed by atoms with Crippen LogP contribution in [0.25, 0.3) is 0 Å². The Hall–Kier alpha value is -0.580. The fraction of sp³-hybridized carbons (Fsp3) is 0.900. The van der Waals surface area contributed by atoms with Crippen molar-refractivity contribution in [2.45, 2.75) is 48.6 Å². The molecule has 116 valence electrons. The van der Waals surface area contributed by atoms with E-state index in [0.717, 1.165) is 11.8 Å². The number of aliphatic hydroxyl groups is 2. The topological polar surface area (TPSA) is 74.1 Å². The highest BCUT2D eigenvalue weighted by atomic mass is 32.2. The Morgan fingerprint density at radius 1 is 1.40 bits per heavy atom. The van der Waals surface area contributed by atoms with E-state index in [4.69, 9.17) is 4.74 Å². The van der Waals surface area contributed by atoms with Crippen LogP contribution < -0.4 is 5.32 Å². The average molecular weight is 318 g/mol. The molecule has 2 aliphatic rings. The Labute approximate surface area is 116 Å². The van der Waals surface area contributed by atoms with Crippen LogP contribution in [0.5, 0.6) is 0 Å². The molecule has 2 aliphatic heterocycles. The van der Waals surface area contributed by atoms with Gasteiger partial charge >= 0.3 is 6.18 Å². The van der Waals surface area contributed by atoms with Crippen molar-refractivity contribution in [3.8, 4) is 0 Å². The van der Waals surface area contributed by atoms with Gasteiger partial charge in [-0.3, -0.25) is 4.99 Å². The molecular weight excluding hydrogens is 304 g/mol. The number of fused-ring (bicyclic) bond motifs is 1. The van der Waals surface area contributed by atoms with Crippen LogP contribution in [0, 0.1) is 0 Å². The lowest BCUT2D eigenvalue weighted by molar-refractivity contribution is -0.315. The zero-order valence-corrected chi connectivity index (χ0v) is 11.4. The third kappa shape index (κ3) is 2.38. The average Bonchev–Trinajstić information content (AvgIpc) is 2.75. The van der Waals surface area contributed by atoms with E-state index < -0.39 is 41.6 Å². The lowest BCUT2D eigenvalue weighted by atomic mass is 9.87. The maximum absolute atomic E-state index is 14.1. The molecule has 0 saturated carbocycles. The summed E-state index contributed by atoms with van der Waals surface area (Å²) < 4.78 is 57.5. The Balaban J connectivity index is 2.26. The number of hydrogen-bond acceptors (Lipinski definition) is 5. The largest absolute Gasteiger partial charge is 0.419 e. The number of aliphatic imine (C=N–C) groups is 1. The van der Waals surface area contributed by atoms with Crippen molar-refractivity contribution in [1.29, 1.82) is 0 Å². The summed E-state index contributed by atoms with van der Waals surface area (Å²) in [5, 5.41) is 22.2. The Morgan fingerprint density at radius 3 is 2.50 bits per heavy atom. The molecule has 0 spiro atoms. The van der Waals surface area contributed by atoms with Crippen LogP contribution in [-0.2, 0) is 4.74 Å². The van der Waals surface area contributed by atoms with Crippen molar-refractivity contribution in [1.82, 2.24) is 5.32 Å². The number of ether oxygens (including phenoxy) is 1. The van der Waals surface area contributed by atoms with Crippen molar-refractivity contribution in [3.05, 3.63) is 0 Å². The zero-order chi connectivity index (χ0) is 15.3. The first kappa shape index (κ1) is 15.8. The molecule has 2 rings (SSSR count). The molecule has 2 saturated heterocycles. The van der Waals surface area contributed by atoms with Gasteiger partial charge in [0.2, 0.25) is 0 Å². The van der Waals surface area contributed by atoms with Gasteiger partial charge in [0.15, 0.2) is 16.9 Å². The van der Waals surface area contributed by atoms with Crippen molar-refractivity contribution in [2.75, 3.05) is 7.05 Å². The highest BCUT2D eigenvalue weighted by molar-refractivity contribution is 8.14. The summed E-state index contributed by atoms with van der Waals surface area (Å²) in [4.78, 5) is 3.76. The summed E-state index contributed by atoms with van der Waals surface area (Å²) in [5.41, 5.74) is -4.35. The second-order valence-corrected chi connectivity index (χ2v) is 5.91. The van der Waals surface area contributed by atoms with E-state index in [0.29, 0.717) is 12.1 Å². The van der Waals surface area contributed by atoms with Crippen molar-refractivity contribution >= 4 is 16.9 Å². The minimum absolute atomic E-state index is 0.308. The molecule has 0 bridgehead atoms. The number of nitrogens with zero attached hydrogens (tertiary/aromatic N) is 1. The minimum atomic E-state index is -5.05. The van der Waals surface area contributed by atoms with E-state index in [-0.39, 0.29) is 0 Å². The maximum Gasteiger partial charge on any atom is 0.419 e. The number of thioether (sulfide) groups is 1. The SMILES string of the molecule is CN=C1NC2C(OC(C(C)(O)C(F)(F)F)C(O)C2F)S1. The fourth-order valence-electron chi connectivity index (χ4n) is 2.12. The molecule has 0 aromatic carbocycles. The van der Waals surface area contributed by atoms with Crippen molar-refractivity contribution in [2.24, 2.45) is 4.99 Å². The van der Waals surface area contributed by atoms with E-state index in [1.165, 1.54) is 7.05 Å². The summed E-state index contributed by atoms with van der Waals surface area (Å²) in [6.07, 6.45) is -11.3. The van der Waals surface area contributed by atoms with Crippen LogP contribution >= 0.6 is 11.8 Å². The third-order valence-corrected chi connectivity index (χ3v) is 4.56. The molecule has 10 heteroatoms. The van der Waals surface area contributed by atoms with Crippen LogP contribution in [0.3, 0.4) is 0 Å². The van der Waals surface area contributed by atoms with Gasteiger partial charge in [0.1, 0.15) is 17.6 Å². The molecule has 3 N–H and O–H groups in total. The molecule has 0 aromatic rings. The van der Waals surface area contributed by atoms with E-state index in [9.17, 15) is 27.8 Å². The summed E-state index contributed by atoms with van der Waals surface area (Å²) in [5.74, 6) is 0. The second kappa shape index (κ2) is 5.00. The smallest absolute Gasteiger partial charge is 0.387 e. The van der Waals surface area contributed by atoms with Crippen LogP contribution in [0.1, 0.15) is 6.92 Å². The lowest BCUT2D eigenvalue weighted by Gasteiger charge is -2.44. The third-order valence-electron chi connectivity index (χ3n) is 3.40. The summed E-state index contributed by atoms with van der Waals surface area (Å²) in [6, 6.07) is -1.01. The molecule has 2 fully saturated rings. The Kier molecular flexibility index (Phi) is 3.95. The first-order valence-electron chi connectivity index (χ1n) is 5.76. The van der Waals surface area contributed by atoms with Gasteiger partial charge in [-0.1, -0.05) is 11.8 Å². The maximum atomic E-state index is 14.1. The van der Waals surface area contributed by atoms with Crippen LogP contribution in [-0.4, -0.2) is 64.1 Å². The van der Waals surface area contributed by atoms with Gasteiger partial charge in [-0.05, 0) is 6.92 Å². The number of halogens is 4. The Bertz CT molecular complexity index is 418. The van der Waals surface area contributed by atoms with E-state index in [1.807, 2.05) is 0 Å². The van der Waals surface area contributed by atoms with Crippen molar-refractivity contribution in [3.63, 3.8) is 0 Å². The van der Waals surface area contributed by atoms with Gasteiger partial charge in [0.05, 0.1) is 6.04 Å². The monoisotopic (exact) mass is 318 g/mol. The van der Waals surface area contributed by atoms with Gasteiger partial charge in [-0.2, -0.15) is 13.2 Å². The molecule has 0 aromatic heterocycles. The van der Waals surface area contributed by atoms with E-state index in [2.05, 4.69) is 10.3 Å². The van der Waals surface area contributed by atoms with Gasteiger partial charge in [-0.25, -0.2) is 4.39 Å². The Morgan fingerprint density at radius 2 is 2.00 bits per heavy atom. The highest BCUT2D eigenvalue weighted by Gasteiger charge is 2.63. The summed E-state index contributed by atoms with van der Waals surface area (Å²) in [7, 11) is 1.43. The molecule has 2 heterocycles. The highest BCUT2D eigenvalue weighted by Crippen LogP contribution is 2.43. The van der Waals surface area contributed by atoms with E-state index in [1.54, 1.807) is 0 Å².